The number of benzene rings is 2. The molecule has 2 N–H and O–H groups in total. The van der Waals surface area contributed by atoms with Gasteiger partial charge in [-0.1, -0.05) is 29.3 Å². The lowest BCUT2D eigenvalue weighted by atomic mass is 9.95. The second-order valence-electron chi connectivity index (χ2n) is 8.92. The highest BCUT2D eigenvalue weighted by Gasteiger charge is 2.52. The number of carbonyl (C=O) groups excluding carboxylic acids is 2. The molecule has 2 aromatic carbocycles. The number of alkyl halides is 9. The first-order valence-electron chi connectivity index (χ1n) is 11.1. The molecular weight excluding hydrogens is 689 g/mol. The van der Waals surface area contributed by atoms with Crippen LogP contribution >= 0.6 is 39.1 Å². The van der Waals surface area contributed by atoms with Crippen LogP contribution in [-0.4, -0.2) is 36.3 Å². The van der Waals surface area contributed by atoms with E-state index in [-0.39, 0.29) is 39.5 Å². The molecule has 1 unspecified atom stereocenters. The number of amides is 2. The van der Waals surface area contributed by atoms with Gasteiger partial charge in [-0.25, -0.2) is 4.39 Å². The summed E-state index contributed by atoms with van der Waals surface area (Å²) >= 11 is 14.6. The van der Waals surface area contributed by atoms with Crippen LogP contribution in [0.25, 0.3) is 5.83 Å². The maximum Gasteiger partial charge on any atom is 0.417 e. The van der Waals surface area contributed by atoms with Gasteiger partial charge in [-0.3, -0.25) is 9.59 Å². The van der Waals surface area contributed by atoms with E-state index < -0.39 is 76.4 Å². The van der Waals surface area contributed by atoms with Crippen molar-refractivity contribution >= 4 is 56.8 Å². The average molecular weight is 704 g/mol. The summed E-state index contributed by atoms with van der Waals surface area (Å²) < 4.78 is 135. The SMILES string of the molecule is O=C(NC1(C(=O)NCC(F)(F)F)CC1)c1ccc(/C(F)=C/C(c2cc(Cl)c(Br)c(Cl)c2)C(F)(F)F)cc1C(F)(F)F. The predicted molar refractivity (Wildman–Crippen MR) is 132 cm³/mol. The zero-order chi connectivity index (χ0) is 31.1. The van der Waals surface area contributed by atoms with Crippen molar-refractivity contribution in [2.75, 3.05) is 6.54 Å². The molecule has 0 radical (unpaired) electrons. The van der Waals surface area contributed by atoms with Crippen LogP contribution in [0.4, 0.5) is 43.9 Å². The minimum absolute atomic E-state index is 0.00923. The van der Waals surface area contributed by atoms with Gasteiger partial charge in [0.1, 0.15) is 23.8 Å². The van der Waals surface area contributed by atoms with Crippen molar-refractivity contribution in [3.63, 3.8) is 0 Å². The van der Waals surface area contributed by atoms with E-state index >= 15 is 4.39 Å². The van der Waals surface area contributed by atoms with Gasteiger partial charge in [0, 0.05) is 5.56 Å². The van der Waals surface area contributed by atoms with Crippen LogP contribution in [0.5, 0.6) is 0 Å². The highest BCUT2D eigenvalue weighted by atomic mass is 79.9. The van der Waals surface area contributed by atoms with Crippen LogP contribution in [0.15, 0.2) is 40.9 Å². The summed E-state index contributed by atoms with van der Waals surface area (Å²) in [6.07, 6.45) is -15.6. The van der Waals surface area contributed by atoms with Gasteiger partial charge in [0.05, 0.1) is 25.6 Å². The van der Waals surface area contributed by atoms with Crippen molar-refractivity contribution in [3.05, 3.63) is 73.2 Å². The summed E-state index contributed by atoms with van der Waals surface area (Å²) in [6, 6.07) is 2.85. The number of hydrogen-bond donors (Lipinski definition) is 2. The number of halogens is 13. The Balaban J connectivity index is 1.96. The Morgan fingerprint density at radius 3 is 2.00 bits per heavy atom. The second-order valence-corrected chi connectivity index (χ2v) is 10.5. The summed E-state index contributed by atoms with van der Waals surface area (Å²) in [4.78, 5) is 24.8. The van der Waals surface area contributed by atoms with Gasteiger partial charge in [0.15, 0.2) is 0 Å². The van der Waals surface area contributed by atoms with Crippen LogP contribution in [0, 0.1) is 0 Å². The third-order valence-corrected chi connectivity index (χ3v) is 7.77. The molecule has 0 spiro atoms. The van der Waals surface area contributed by atoms with Crippen LogP contribution in [0.3, 0.4) is 0 Å². The molecule has 0 bridgehead atoms. The molecule has 1 fully saturated rings. The Bertz CT molecular complexity index is 1360. The van der Waals surface area contributed by atoms with Gasteiger partial charge < -0.3 is 10.6 Å². The molecule has 2 amide bonds. The standard InChI is InChI=1S/C24H15BrCl2F10N2O2/c25-18-15(26)6-11(7-16(18)27)13(23(32,33)34)8-17(28)10-1-2-12(14(5-10)24(35,36)37)19(40)39-21(3-4-21)20(41)38-9-22(29,30)31/h1-2,5-8,13H,3-4,9H2,(H,38,41)(H,39,40)/b17-8-. The molecule has 4 nitrogen and oxygen atoms in total. The average Bonchev–Trinajstić information content (AvgIpc) is 3.62. The summed E-state index contributed by atoms with van der Waals surface area (Å²) in [5, 5.41) is 3.01. The van der Waals surface area contributed by atoms with Crippen molar-refractivity contribution in [2.45, 2.75) is 42.8 Å². The van der Waals surface area contributed by atoms with E-state index in [4.69, 9.17) is 23.2 Å². The third kappa shape index (κ3) is 8.07. The largest absolute Gasteiger partial charge is 0.417 e. The molecule has 1 aliphatic rings. The molecule has 2 aromatic rings. The Labute approximate surface area is 243 Å². The number of hydrogen-bond acceptors (Lipinski definition) is 2. The zero-order valence-corrected chi connectivity index (χ0v) is 23.0. The Hall–Kier alpha value is -2.52. The lowest BCUT2D eigenvalue weighted by Gasteiger charge is -2.20. The van der Waals surface area contributed by atoms with Crippen LogP contribution < -0.4 is 10.6 Å². The van der Waals surface area contributed by atoms with Gasteiger partial charge in [0.25, 0.3) is 5.91 Å². The van der Waals surface area contributed by atoms with Gasteiger partial charge in [-0.05, 0) is 64.7 Å². The molecule has 3 rings (SSSR count). The molecule has 0 saturated heterocycles. The Morgan fingerprint density at radius 2 is 1.54 bits per heavy atom. The first-order valence-corrected chi connectivity index (χ1v) is 12.7. The van der Waals surface area contributed by atoms with E-state index in [1.807, 2.05) is 5.32 Å². The first-order chi connectivity index (χ1) is 18.6. The molecule has 224 valence electrons. The van der Waals surface area contributed by atoms with E-state index in [1.54, 1.807) is 0 Å². The molecule has 1 aliphatic carbocycles. The van der Waals surface area contributed by atoms with Crippen molar-refractivity contribution in [1.29, 1.82) is 0 Å². The van der Waals surface area contributed by atoms with Gasteiger partial charge in [0.2, 0.25) is 5.91 Å². The summed E-state index contributed by atoms with van der Waals surface area (Å²) in [5.74, 6) is -7.20. The Morgan fingerprint density at radius 1 is 0.976 bits per heavy atom. The fourth-order valence-corrected chi connectivity index (χ4v) is 4.40. The maximum absolute atomic E-state index is 15.0. The van der Waals surface area contributed by atoms with Crippen LogP contribution in [0.1, 0.15) is 45.8 Å². The van der Waals surface area contributed by atoms with E-state index in [2.05, 4.69) is 15.9 Å². The summed E-state index contributed by atoms with van der Waals surface area (Å²) in [5.41, 5.74) is -6.37. The fourth-order valence-electron chi connectivity index (χ4n) is 3.67. The number of carbonyl (C=O) groups is 2. The summed E-state index contributed by atoms with van der Waals surface area (Å²) in [6.45, 7) is -1.74. The minimum atomic E-state index is -5.32. The summed E-state index contributed by atoms with van der Waals surface area (Å²) in [7, 11) is 0. The third-order valence-electron chi connectivity index (χ3n) is 5.86. The number of nitrogens with one attached hydrogen (secondary N) is 2. The van der Waals surface area contributed by atoms with Crippen molar-refractivity contribution in [2.24, 2.45) is 0 Å². The van der Waals surface area contributed by atoms with E-state index in [0.717, 1.165) is 12.1 Å². The van der Waals surface area contributed by atoms with E-state index in [9.17, 15) is 49.1 Å². The quantitative estimate of drug-likeness (QED) is 0.225. The van der Waals surface area contributed by atoms with Crippen molar-refractivity contribution < 1.29 is 53.5 Å². The molecule has 17 heteroatoms. The van der Waals surface area contributed by atoms with Crippen LogP contribution in [0.2, 0.25) is 10.0 Å². The van der Waals surface area contributed by atoms with Crippen molar-refractivity contribution in [1.82, 2.24) is 10.6 Å². The van der Waals surface area contributed by atoms with Crippen LogP contribution in [-0.2, 0) is 11.0 Å². The van der Waals surface area contributed by atoms with E-state index in [1.165, 1.54) is 5.32 Å². The molecule has 0 aliphatic heterocycles. The van der Waals surface area contributed by atoms with E-state index in [0.29, 0.717) is 12.1 Å². The Kier molecular flexibility index (Phi) is 9.36. The molecular formula is C24H15BrCl2F10N2O2. The number of rotatable bonds is 7. The van der Waals surface area contributed by atoms with Gasteiger partial charge in [-0.2, -0.15) is 39.5 Å². The lowest BCUT2D eigenvalue weighted by molar-refractivity contribution is -0.140. The topological polar surface area (TPSA) is 58.2 Å². The monoisotopic (exact) mass is 702 g/mol. The highest BCUT2D eigenvalue weighted by molar-refractivity contribution is 9.10. The molecule has 0 heterocycles. The predicted octanol–water partition coefficient (Wildman–Crippen LogP) is 8.37. The molecule has 1 saturated carbocycles. The number of allylic oxidation sites excluding steroid dienone is 1. The normalized spacial score (nSPS) is 16.3. The van der Waals surface area contributed by atoms with Crippen molar-refractivity contribution in [3.8, 4) is 0 Å². The highest BCUT2D eigenvalue weighted by Crippen LogP contribution is 2.43. The smallest absolute Gasteiger partial charge is 0.345 e. The fraction of sp³-hybridized carbons (Fsp3) is 0.333. The maximum atomic E-state index is 15.0. The zero-order valence-electron chi connectivity index (χ0n) is 19.9. The second kappa shape index (κ2) is 11.6. The van der Waals surface area contributed by atoms with Gasteiger partial charge >= 0.3 is 18.5 Å². The van der Waals surface area contributed by atoms with Gasteiger partial charge in [-0.15, -0.1) is 0 Å². The molecule has 41 heavy (non-hydrogen) atoms. The molecule has 0 aromatic heterocycles. The minimum Gasteiger partial charge on any atom is -0.345 e. The molecule has 1 atom stereocenters. The first kappa shape index (κ1) is 33.0. The lowest BCUT2D eigenvalue weighted by Crippen LogP contribution is -2.51.